The number of rotatable bonds is 3. The fourth-order valence-electron chi connectivity index (χ4n) is 3.37. The molecule has 7 heteroatoms. The van der Waals surface area contributed by atoms with Crippen LogP contribution in [0.3, 0.4) is 0 Å². The van der Waals surface area contributed by atoms with Crippen molar-refractivity contribution in [1.82, 2.24) is 9.88 Å². The van der Waals surface area contributed by atoms with Gasteiger partial charge in [-0.1, -0.05) is 35.9 Å². The van der Waals surface area contributed by atoms with Gasteiger partial charge in [-0.3, -0.25) is 14.5 Å². The average Bonchev–Trinajstić information content (AvgIpc) is 2.91. The quantitative estimate of drug-likeness (QED) is 0.695. The Morgan fingerprint density at radius 2 is 1.70 bits per heavy atom. The normalized spacial score (nSPS) is 14.5. The minimum absolute atomic E-state index is 0.236. The van der Waals surface area contributed by atoms with Crippen LogP contribution in [0.2, 0.25) is 5.02 Å². The second-order valence-corrected chi connectivity index (χ2v) is 6.65. The van der Waals surface area contributed by atoms with Gasteiger partial charge in [-0.15, -0.1) is 0 Å². The van der Waals surface area contributed by atoms with E-state index < -0.39 is 23.8 Å². The van der Waals surface area contributed by atoms with Crippen molar-refractivity contribution >= 4 is 40.3 Å². The van der Waals surface area contributed by atoms with E-state index in [1.54, 1.807) is 55.5 Å². The number of imide groups is 1. The van der Waals surface area contributed by atoms with Crippen molar-refractivity contribution in [2.45, 2.75) is 13.0 Å². The maximum absolute atomic E-state index is 12.7. The topological polar surface area (TPSA) is 87.6 Å². The third-order valence-electron chi connectivity index (χ3n) is 4.69. The van der Waals surface area contributed by atoms with E-state index in [9.17, 15) is 19.5 Å². The number of carbonyl (C=O) groups is 3. The zero-order valence-electron chi connectivity index (χ0n) is 14.1. The standard InChI is InChI=1S/C20H13ClN2O4/c1-10(23-18(24)12-6-2-3-7-13(12)19(23)25)14-9-11-5-4-8-15(21)16(11)22-17(14)20(26)27/h2-10H,1H3,(H,26,27)/t10-/m0/s1. The van der Waals surface area contributed by atoms with E-state index in [2.05, 4.69) is 4.98 Å². The Morgan fingerprint density at radius 3 is 2.30 bits per heavy atom. The third kappa shape index (κ3) is 2.57. The zero-order valence-corrected chi connectivity index (χ0v) is 14.9. The molecule has 0 fully saturated rings. The molecule has 0 unspecified atom stereocenters. The van der Waals surface area contributed by atoms with Gasteiger partial charge in [0, 0.05) is 10.9 Å². The molecule has 1 N–H and O–H groups in total. The van der Waals surface area contributed by atoms with Gasteiger partial charge in [0.05, 0.1) is 27.7 Å². The van der Waals surface area contributed by atoms with E-state index in [4.69, 9.17) is 11.6 Å². The monoisotopic (exact) mass is 380 g/mol. The van der Waals surface area contributed by atoms with Crippen LogP contribution in [0.25, 0.3) is 10.9 Å². The number of benzene rings is 2. The lowest BCUT2D eigenvalue weighted by atomic mass is 10.0. The Labute approximate surface area is 159 Å². The molecule has 0 saturated carbocycles. The second kappa shape index (κ2) is 6.17. The Morgan fingerprint density at radius 1 is 1.07 bits per heavy atom. The molecule has 1 aromatic heterocycles. The first-order chi connectivity index (χ1) is 12.9. The van der Waals surface area contributed by atoms with E-state index in [-0.39, 0.29) is 11.3 Å². The third-order valence-corrected chi connectivity index (χ3v) is 5.00. The molecule has 2 aromatic carbocycles. The molecule has 0 radical (unpaired) electrons. The summed E-state index contributed by atoms with van der Waals surface area (Å²) in [6.45, 7) is 1.61. The molecular weight excluding hydrogens is 368 g/mol. The molecule has 2 heterocycles. The van der Waals surface area contributed by atoms with Crippen molar-refractivity contribution in [2.24, 2.45) is 0 Å². The van der Waals surface area contributed by atoms with Crippen molar-refractivity contribution in [3.63, 3.8) is 0 Å². The van der Waals surface area contributed by atoms with Crippen LogP contribution in [0, 0.1) is 0 Å². The van der Waals surface area contributed by atoms with E-state index in [0.717, 1.165) is 4.90 Å². The first-order valence-corrected chi connectivity index (χ1v) is 8.57. The largest absolute Gasteiger partial charge is 0.477 e. The van der Waals surface area contributed by atoms with Crippen molar-refractivity contribution in [1.29, 1.82) is 0 Å². The molecule has 2 amide bonds. The van der Waals surface area contributed by atoms with Gasteiger partial charge in [-0.2, -0.15) is 0 Å². The number of carbonyl (C=O) groups excluding carboxylic acids is 2. The molecule has 6 nitrogen and oxygen atoms in total. The summed E-state index contributed by atoms with van der Waals surface area (Å²) in [5.74, 6) is -2.16. The molecule has 1 aliphatic rings. The minimum Gasteiger partial charge on any atom is -0.477 e. The Hall–Kier alpha value is -3.25. The predicted octanol–water partition coefficient (Wildman–Crippen LogP) is 3.94. The predicted molar refractivity (Wildman–Crippen MR) is 99.1 cm³/mol. The molecule has 1 atom stereocenters. The van der Waals surface area contributed by atoms with Gasteiger partial charge in [-0.05, 0) is 31.2 Å². The van der Waals surface area contributed by atoms with Crippen LogP contribution in [-0.2, 0) is 0 Å². The first-order valence-electron chi connectivity index (χ1n) is 8.19. The number of pyridine rings is 1. The number of hydrogen-bond donors (Lipinski definition) is 1. The molecule has 0 spiro atoms. The van der Waals surface area contributed by atoms with Gasteiger partial charge < -0.3 is 5.11 Å². The molecule has 0 saturated heterocycles. The molecular formula is C20H13ClN2O4. The number of fused-ring (bicyclic) bond motifs is 2. The van der Waals surface area contributed by atoms with Crippen LogP contribution in [0.15, 0.2) is 48.5 Å². The van der Waals surface area contributed by atoms with Crippen LogP contribution >= 0.6 is 11.6 Å². The Kier molecular flexibility index (Phi) is 3.93. The number of hydrogen-bond acceptors (Lipinski definition) is 4. The van der Waals surface area contributed by atoms with Gasteiger partial charge >= 0.3 is 5.97 Å². The summed E-state index contributed by atoms with van der Waals surface area (Å²) in [6.07, 6.45) is 0. The maximum Gasteiger partial charge on any atom is 0.354 e. The van der Waals surface area contributed by atoms with Gasteiger partial charge in [0.2, 0.25) is 0 Å². The van der Waals surface area contributed by atoms with Crippen molar-refractivity contribution in [2.75, 3.05) is 0 Å². The van der Waals surface area contributed by atoms with Gasteiger partial charge in [-0.25, -0.2) is 9.78 Å². The van der Waals surface area contributed by atoms with Crippen LogP contribution in [0.4, 0.5) is 0 Å². The van der Waals surface area contributed by atoms with Crippen molar-refractivity contribution in [3.8, 4) is 0 Å². The highest BCUT2D eigenvalue weighted by Crippen LogP contribution is 2.34. The van der Waals surface area contributed by atoms with E-state index in [0.29, 0.717) is 27.1 Å². The highest BCUT2D eigenvalue weighted by Gasteiger charge is 2.40. The molecule has 0 aliphatic carbocycles. The number of aromatic nitrogens is 1. The smallest absolute Gasteiger partial charge is 0.354 e. The number of nitrogens with zero attached hydrogens (tertiary/aromatic N) is 2. The molecule has 3 aromatic rings. The summed E-state index contributed by atoms with van der Waals surface area (Å²) in [5, 5.41) is 10.6. The lowest BCUT2D eigenvalue weighted by molar-refractivity contribution is 0.0582. The summed E-state index contributed by atoms with van der Waals surface area (Å²) in [4.78, 5) is 42.5. The SMILES string of the molecule is C[C@@H](c1cc2cccc(Cl)c2nc1C(=O)O)N1C(=O)c2ccccc2C1=O. The summed E-state index contributed by atoms with van der Waals surface area (Å²) in [6, 6.07) is 12.4. The lowest BCUT2D eigenvalue weighted by Gasteiger charge is -2.24. The maximum atomic E-state index is 12.7. The average molecular weight is 381 g/mol. The highest BCUT2D eigenvalue weighted by atomic mass is 35.5. The zero-order chi connectivity index (χ0) is 19.3. The summed E-state index contributed by atoms with van der Waals surface area (Å²) >= 11 is 6.13. The lowest BCUT2D eigenvalue weighted by Crippen LogP contribution is -2.33. The molecule has 0 bridgehead atoms. The van der Waals surface area contributed by atoms with Gasteiger partial charge in [0.15, 0.2) is 5.69 Å². The van der Waals surface area contributed by atoms with Crippen LogP contribution in [0.5, 0.6) is 0 Å². The number of halogens is 1. The number of carboxylic acid groups (broad SMARTS) is 1. The second-order valence-electron chi connectivity index (χ2n) is 6.24. The Bertz CT molecular complexity index is 1110. The summed E-state index contributed by atoms with van der Waals surface area (Å²) in [7, 11) is 0. The number of aromatic carboxylic acids is 1. The molecule has 27 heavy (non-hydrogen) atoms. The van der Waals surface area contributed by atoms with Crippen LogP contribution < -0.4 is 0 Å². The van der Waals surface area contributed by atoms with E-state index in [1.165, 1.54) is 0 Å². The fourth-order valence-corrected chi connectivity index (χ4v) is 3.59. The fraction of sp³-hybridized carbons (Fsp3) is 0.100. The van der Waals surface area contributed by atoms with E-state index >= 15 is 0 Å². The summed E-state index contributed by atoms with van der Waals surface area (Å²) < 4.78 is 0. The first kappa shape index (κ1) is 17.2. The molecule has 134 valence electrons. The number of carboxylic acids is 1. The van der Waals surface area contributed by atoms with Crippen molar-refractivity contribution < 1.29 is 19.5 Å². The molecule has 4 rings (SSSR count). The van der Waals surface area contributed by atoms with Crippen molar-refractivity contribution in [3.05, 3.63) is 75.9 Å². The minimum atomic E-state index is -1.25. The molecule has 1 aliphatic heterocycles. The number of amides is 2. The van der Waals surface area contributed by atoms with Gasteiger partial charge in [0.25, 0.3) is 11.8 Å². The Balaban J connectivity index is 1.87. The van der Waals surface area contributed by atoms with Crippen LogP contribution in [-0.4, -0.2) is 32.8 Å². The van der Waals surface area contributed by atoms with Gasteiger partial charge in [0.1, 0.15) is 0 Å². The number of para-hydroxylation sites is 1. The van der Waals surface area contributed by atoms with Crippen LogP contribution in [0.1, 0.15) is 49.7 Å². The highest BCUT2D eigenvalue weighted by molar-refractivity contribution is 6.35. The van der Waals surface area contributed by atoms with E-state index in [1.807, 2.05) is 0 Å². The summed E-state index contributed by atoms with van der Waals surface area (Å²) in [5.41, 5.74) is 1.01.